The summed E-state index contributed by atoms with van der Waals surface area (Å²) < 4.78 is 21.7. The number of hydrogen-bond acceptors (Lipinski definition) is 3. The van der Waals surface area contributed by atoms with Crippen molar-refractivity contribution >= 4 is 6.16 Å². The molecule has 1 rings (SSSR count). The topological polar surface area (TPSA) is 35.5 Å². The van der Waals surface area contributed by atoms with Crippen molar-refractivity contribution < 1.29 is 18.7 Å². The minimum absolute atomic E-state index is 0.137. The Labute approximate surface area is 75.1 Å². The number of halogens is 1. The molecule has 0 unspecified atom stereocenters. The Hall–Kier alpha value is -1.58. The van der Waals surface area contributed by atoms with E-state index in [1.54, 1.807) is 6.92 Å². The molecule has 0 aliphatic carbocycles. The first-order valence-corrected chi connectivity index (χ1v) is 3.82. The van der Waals surface area contributed by atoms with Crippen molar-refractivity contribution in [1.29, 1.82) is 0 Å². The lowest BCUT2D eigenvalue weighted by molar-refractivity contribution is 0.104. The maximum atomic E-state index is 12.6. The zero-order valence-electron chi connectivity index (χ0n) is 7.12. The van der Waals surface area contributed by atoms with E-state index in [0.717, 1.165) is 6.07 Å². The fourth-order valence-corrected chi connectivity index (χ4v) is 0.774. The summed E-state index contributed by atoms with van der Waals surface area (Å²) in [6.07, 6.45) is -0.826. The molecule has 0 bridgehead atoms. The average molecular weight is 184 g/mol. The number of carbonyl (C=O) groups is 1. The highest BCUT2D eigenvalue weighted by molar-refractivity contribution is 5.63. The molecule has 0 spiro atoms. The second-order valence-electron chi connectivity index (χ2n) is 2.24. The molecule has 70 valence electrons. The van der Waals surface area contributed by atoms with Gasteiger partial charge in [-0.25, -0.2) is 9.18 Å². The van der Waals surface area contributed by atoms with Gasteiger partial charge >= 0.3 is 6.16 Å². The number of hydrogen-bond donors (Lipinski definition) is 0. The summed E-state index contributed by atoms with van der Waals surface area (Å²) in [5, 5.41) is 0. The van der Waals surface area contributed by atoms with E-state index in [-0.39, 0.29) is 12.4 Å². The SMILES string of the molecule is CCOC(=O)Oc1cccc(F)c1. The lowest BCUT2D eigenvalue weighted by Crippen LogP contribution is -2.09. The normalized spacial score (nSPS) is 9.38. The largest absolute Gasteiger partial charge is 0.513 e. The first kappa shape index (κ1) is 9.51. The van der Waals surface area contributed by atoms with Crippen LogP contribution in [0.2, 0.25) is 0 Å². The fraction of sp³-hybridized carbons (Fsp3) is 0.222. The first-order chi connectivity index (χ1) is 6.22. The van der Waals surface area contributed by atoms with E-state index < -0.39 is 12.0 Å². The summed E-state index contributed by atoms with van der Waals surface area (Å²) >= 11 is 0. The van der Waals surface area contributed by atoms with E-state index in [1.807, 2.05) is 0 Å². The Balaban J connectivity index is 2.58. The van der Waals surface area contributed by atoms with Gasteiger partial charge in [-0.2, -0.15) is 0 Å². The molecule has 3 nitrogen and oxygen atoms in total. The highest BCUT2D eigenvalue weighted by Crippen LogP contribution is 2.12. The molecule has 1 aromatic rings. The van der Waals surface area contributed by atoms with Crippen LogP contribution in [0.5, 0.6) is 5.75 Å². The van der Waals surface area contributed by atoms with Gasteiger partial charge in [0.1, 0.15) is 11.6 Å². The lowest BCUT2D eigenvalue weighted by Gasteiger charge is -2.02. The maximum absolute atomic E-state index is 12.6. The van der Waals surface area contributed by atoms with E-state index in [0.29, 0.717) is 0 Å². The van der Waals surface area contributed by atoms with Crippen molar-refractivity contribution in [3.05, 3.63) is 30.1 Å². The minimum atomic E-state index is -0.826. The summed E-state index contributed by atoms with van der Waals surface area (Å²) in [7, 11) is 0. The van der Waals surface area contributed by atoms with Gasteiger partial charge in [0, 0.05) is 6.07 Å². The summed E-state index contributed by atoms with van der Waals surface area (Å²) in [5.74, 6) is -0.319. The van der Waals surface area contributed by atoms with Crippen molar-refractivity contribution in [2.24, 2.45) is 0 Å². The van der Waals surface area contributed by atoms with Crippen molar-refractivity contribution in [3.8, 4) is 5.75 Å². The van der Waals surface area contributed by atoms with E-state index in [2.05, 4.69) is 9.47 Å². The highest BCUT2D eigenvalue weighted by Gasteiger charge is 2.04. The van der Waals surface area contributed by atoms with Gasteiger partial charge < -0.3 is 9.47 Å². The molecule has 0 atom stereocenters. The molecule has 1 aromatic carbocycles. The minimum Gasteiger partial charge on any atom is -0.434 e. The van der Waals surface area contributed by atoms with Gasteiger partial charge in [-0.15, -0.1) is 0 Å². The Morgan fingerprint density at radius 1 is 1.54 bits per heavy atom. The zero-order valence-corrected chi connectivity index (χ0v) is 7.12. The van der Waals surface area contributed by atoms with Crippen LogP contribution in [0.3, 0.4) is 0 Å². The molecule has 0 heterocycles. The van der Waals surface area contributed by atoms with Crippen molar-refractivity contribution in [2.45, 2.75) is 6.92 Å². The molecule has 0 N–H and O–H groups in total. The summed E-state index contributed by atoms with van der Waals surface area (Å²) in [6.45, 7) is 1.89. The van der Waals surface area contributed by atoms with Crippen LogP contribution < -0.4 is 4.74 Å². The van der Waals surface area contributed by atoms with Crippen LogP contribution in [0.25, 0.3) is 0 Å². The number of benzene rings is 1. The summed E-state index contributed by atoms with van der Waals surface area (Å²) in [4.78, 5) is 10.8. The average Bonchev–Trinajstić information content (AvgIpc) is 2.04. The number of carbonyl (C=O) groups excluding carboxylic acids is 1. The molecule has 0 saturated heterocycles. The predicted octanol–water partition coefficient (Wildman–Crippen LogP) is 2.36. The molecule has 0 aromatic heterocycles. The van der Waals surface area contributed by atoms with Crippen molar-refractivity contribution in [2.75, 3.05) is 6.61 Å². The van der Waals surface area contributed by atoms with Gasteiger partial charge in [0.05, 0.1) is 6.61 Å². The van der Waals surface area contributed by atoms with Crippen molar-refractivity contribution in [3.63, 3.8) is 0 Å². The Morgan fingerprint density at radius 2 is 2.31 bits per heavy atom. The third-order valence-corrected chi connectivity index (χ3v) is 1.26. The molecule has 0 radical (unpaired) electrons. The van der Waals surface area contributed by atoms with Crippen LogP contribution in [0.1, 0.15) is 6.92 Å². The molecule has 0 aliphatic heterocycles. The molecular weight excluding hydrogens is 175 g/mol. The maximum Gasteiger partial charge on any atom is 0.513 e. The summed E-state index contributed by atoms with van der Waals surface area (Å²) in [6, 6.07) is 5.29. The molecule has 0 fully saturated rings. The monoisotopic (exact) mass is 184 g/mol. The molecule has 13 heavy (non-hydrogen) atoms. The van der Waals surface area contributed by atoms with Crippen LogP contribution >= 0.6 is 0 Å². The molecule has 0 amide bonds. The van der Waals surface area contributed by atoms with Gasteiger partial charge in [-0.05, 0) is 19.1 Å². The van der Waals surface area contributed by atoms with Crippen LogP contribution in [0.15, 0.2) is 24.3 Å². The number of rotatable bonds is 2. The second kappa shape index (κ2) is 4.45. The third-order valence-electron chi connectivity index (χ3n) is 1.26. The van der Waals surface area contributed by atoms with Crippen molar-refractivity contribution in [1.82, 2.24) is 0 Å². The van der Waals surface area contributed by atoms with Gasteiger partial charge in [-0.1, -0.05) is 6.07 Å². The van der Waals surface area contributed by atoms with Crippen LogP contribution in [-0.2, 0) is 4.74 Å². The lowest BCUT2D eigenvalue weighted by atomic mass is 10.3. The standard InChI is InChI=1S/C9H9FO3/c1-2-12-9(11)13-8-5-3-4-7(10)6-8/h3-6H,2H2,1H3. The third kappa shape index (κ3) is 3.11. The molecular formula is C9H9FO3. The van der Waals surface area contributed by atoms with E-state index in [9.17, 15) is 9.18 Å². The van der Waals surface area contributed by atoms with E-state index in [1.165, 1.54) is 18.2 Å². The molecule has 4 heteroatoms. The van der Waals surface area contributed by atoms with Gasteiger partial charge in [-0.3, -0.25) is 0 Å². The second-order valence-corrected chi connectivity index (χ2v) is 2.24. The smallest absolute Gasteiger partial charge is 0.434 e. The predicted molar refractivity (Wildman–Crippen MR) is 44.1 cm³/mol. The quantitative estimate of drug-likeness (QED) is 0.522. The first-order valence-electron chi connectivity index (χ1n) is 3.82. The summed E-state index contributed by atoms with van der Waals surface area (Å²) in [5.41, 5.74) is 0. The van der Waals surface area contributed by atoms with Crippen LogP contribution in [0.4, 0.5) is 9.18 Å². The fourth-order valence-electron chi connectivity index (χ4n) is 0.774. The zero-order chi connectivity index (χ0) is 9.68. The Morgan fingerprint density at radius 3 is 2.92 bits per heavy atom. The Bertz CT molecular complexity index is 299. The van der Waals surface area contributed by atoms with Crippen LogP contribution in [-0.4, -0.2) is 12.8 Å². The van der Waals surface area contributed by atoms with E-state index >= 15 is 0 Å². The number of ether oxygens (including phenoxy) is 2. The van der Waals surface area contributed by atoms with E-state index in [4.69, 9.17) is 0 Å². The molecule has 0 saturated carbocycles. The van der Waals surface area contributed by atoms with Gasteiger partial charge in [0.2, 0.25) is 0 Å². The van der Waals surface area contributed by atoms with Gasteiger partial charge in [0.25, 0.3) is 0 Å². The highest BCUT2D eigenvalue weighted by atomic mass is 19.1. The van der Waals surface area contributed by atoms with Gasteiger partial charge in [0.15, 0.2) is 0 Å². The molecule has 0 aliphatic rings. The Kier molecular flexibility index (Phi) is 3.25. The van der Waals surface area contributed by atoms with Crippen LogP contribution in [0, 0.1) is 5.82 Å².